The smallest absolute Gasteiger partial charge is 0.416 e. The highest BCUT2D eigenvalue weighted by Crippen LogP contribution is 2.31. The molecule has 8 nitrogen and oxygen atoms in total. The van der Waals surface area contributed by atoms with Gasteiger partial charge in [0.2, 0.25) is 5.95 Å². The molecule has 0 saturated heterocycles. The number of aromatic carboxylic acids is 1. The molecule has 1 aromatic carbocycles. The Labute approximate surface area is 187 Å². The molecule has 176 valence electrons. The van der Waals surface area contributed by atoms with Crippen molar-refractivity contribution in [3.63, 3.8) is 0 Å². The van der Waals surface area contributed by atoms with Crippen molar-refractivity contribution in [1.82, 2.24) is 15.0 Å². The maximum absolute atomic E-state index is 12.2. The van der Waals surface area contributed by atoms with Gasteiger partial charge in [0, 0.05) is 30.6 Å². The Bertz CT molecular complexity index is 1110. The number of hydrogen-bond acceptors (Lipinski definition) is 5. The molecule has 5 N–H and O–H groups in total. The van der Waals surface area contributed by atoms with Crippen LogP contribution in [0.1, 0.15) is 46.1 Å². The van der Waals surface area contributed by atoms with Crippen LogP contribution in [0.2, 0.25) is 0 Å². The summed E-state index contributed by atoms with van der Waals surface area (Å²) in [6.07, 6.45) is 1.31. The number of alkyl halides is 3. The van der Waals surface area contributed by atoms with Crippen molar-refractivity contribution in [2.24, 2.45) is 0 Å². The van der Waals surface area contributed by atoms with E-state index in [2.05, 4.69) is 20.3 Å². The Balaban J connectivity index is 0.000000196. The van der Waals surface area contributed by atoms with E-state index in [0.717, 1.165) is 41.8 Å². The lowest BCUT2D eigenvalue weighted by atomic mass is 10.1. The van der Waals surface area contributed by atoms with Crippen LogP contribution in [-0.2, 0) is 6.18 Å². The minimum absolute atomic E-state index is 0.157. The fourth-order valence-corrected chi connectivity index (χ4v) is 2.91. The highest BCUT2D eigenvalue weighted by Gasteiger charge is 2.30. The number of benzene rings is 1. The van der Waals surface area contributed by atoms with Crippen molar-refractivity contribution in [2.45, 2.75) is 38.0 Å². The second kappa shape index (κ2) is 10.0. The van der Waals surface area contributed by atoms with E-state index in [0.29, 0.717) is 12.0 Å². The summed E-state index contributed by atoms with van der Waals surface area (Å²) in [5.41, 5.74) is 9.21. The molecule has 2 aromatic heterocycles. The molecule has 0 spiro atoms. The van der Waals surface area contributed by atoms with Gasteiger partial charge in [-0.3, -0.25) is 0 Å². The molecule has 4 rings (SSSR count). The Morgan fingerprint density at radius 2 is 2.06 bits per heavy atom. The summed E-state index contributed by atoms with van der Waals surface area (Å²) in [5.74, 6) is -0.379. The Kier molecular flexibility index (Phi) is 7.34. The summed E-state index contributed by atoms with van der Waals surface area (Å²) >= 11 is 0. The van der Waals surface area contributed by atoms with E-state index in [1.165, 1.54) is 12.1 Å². The predicted molar refractivity (Wildman–Crippen MR) is 116 cm³/mol. The molecule has 1 saturated carbocycles. The number of rotatable bonds is 6. The summed E-state index contributed by atoms with van der Waals surface area (Å²) < 4.78 is 36.6. The third-order valence-electron chi connectivity index (χ3n) is 4.87. The SMILES string of the molecule is Cc1cnc(NC2CC2)nc1-c1c[nH]c(C(=O)O)c1.[NH-]C(CO)c1cccc(C(F)(F)F)c1. The number of nitrogens with zero attached hydrogens (tertiary/aromatic N) is 2. The number of nitrogens with one attached hydrogen (secondary N) is 3. The van der Waals surface area contributed by atoms with E-state index in [9.17, 15) is 18.0 Å². The average molecular weight is 462 g/mol. The summed E-state index contributed by atoms with van der Waals surface area (Å²) in [6, 6.07) is 5.49. The van der Waals surface area contributed by atoms with Gasteiger partial charge < -0.3 is 26.2 Å². The van der Waals surface area contributed by atoms with E-state index >= 15 is 0 Å². The molecule has 2 heterocycles. The van der Waals surface area contributed by atoms with Gasteiger partial charge in [0.15, 0.2) is 0 Å². The first-order chi connectivity index (χ1) is 15.6. The second-order valence-corrected chi connectivity index (χ2v) is 7.61. The first kappa shape index (κ1) is 24.2. The number of carbonyl (C=O) groups is 1. The lowest BCUT2D eigenvalue weighted by molar-refractivity contribution is -0.137. The number of anilines is 1. The third-order valence-corrected chi connectivity index (χ3v) is 4.87. The maximum atomic E-state index is 12.2. The van der Waals surface area contributed by atoms with Gasteiger partial charge >= 0.3 is 12.1 Å². The number of aliphatic hydroxyl groups is 1. The van der Waals surface area contributed by atoms with E-state index in [1.54, 1.807) is 18.5 Å². The van der Waals surface area contributed by atoms with Gasteiger partial charge in [-0.1, -0.05) is 29.8 Å². The van der Waals surface area contributed by atoms with Crippen LogP contribution in [0.15, 0.2) is 42.7 Å². The average Bonchev–Trinajstić information content (AvgIpc) is 3.45. The highest BCUT2D eigenvalue weighted by atomic mass is 19.4. The maximum Gasteiger partial charge on any atom is 0.416 e. The van der Waals surface area contributed by atoms with Crippen LogP contribution < -0.4 is 5.32 Å². The van der Waals surface area contributed by atoms with E-state index in [1.807, 2.05) is 6.92 Å². The number of halogens is 3. The van der Waals surface area contributed by atoms with E-state index in [4.69, 9.17) is 15.9 Å². The molecule has 3 aromatic rings. The molecule has 11 heteroatoms. The topological polar surface area (TPSA) is 135 Å². The summed E-state index contributed by atoms with van der Waals surface area (Å²) in [4.78, 5) is 22.3. The molecule has 1 atom stereocenters. The molecule has 1 aliphatic carbocycles. The van der Waals surface area contributed by atoms with Gasteiger partial charge in [-0.25, -0.2) is 14.8 Å². The summed E-state index contributed by atoms with van der Waals surface area (Å²) in [7, 11) is 0. The van der Waals surface area contributed by atoms with Crippen molar-refractivity contribution in [2.75, 3.05) is 11.9 Å². The molecule has 1 fully saturated rings. The molecular formula is C22H23F3N5O3-. The quantitative estimate of drug-likeness (QED) is 0.414. The zero-order valence-electron chi connectivity index (χ0n) is 17.6. The van der Waals surface area contributed by atoms with Crippen LogP contribution in [0, 0.1) is 6.92 Å². The lowest BCUT2D eigenvalue weighted by Gasteiger charge is -2.18. The van der Waals surface area contributed by atoms with E-state index < -0.39 is 30.4 Å². The minimum atomic E-state index is -4.40. The molecule has 33 heavy (non-hydrogen) atoms. The normalized spacial score (nSPS) is 14.2. The number of aromatic nitrogens is 3. The van der Waals surface area contributed by atoms with Gasteiger partial charge in [-0.2, -0.15) is 13.2 Å². The molecule has 0 aliphatic heterocycles. The highest BCUT2D eigenvalue weighted by molar-refractivity contribution is 5.87. The van der Waals surface area contributed by atoms with Gasteiger partial charge in [-0.05, 0) is 37.5 Å². The zero-order chi connectivity index (χ0) is 24.2. The Hall–Kier alpha value is -3.44. The molecule has 0 radical (unpaired) electrons. The van der Waals surface area contributed by atoms with Crippen LogP contribution in [-0.4, -0.2) is 43.8 Å². The predicted octanol–water partition coefficient (Wildman–Crippen LogP) is 4.84. The summed E-state index contributed by atoms with van der Waals surface area (Å²) in [6.45, 7) is 1.42. The molecule has 1 unspecified atom stereocenters. The number of aromatic amines is 1. The number of hydrogen-bond donors (Lipinski definition) is 4. The monoisotopic (exact) mass is 462 g/mol. The molecule has 0 amide bonds. The van der Waals surface area contributed by atoms with Crippen LogP contribution in [0.5, 0.6) is 0 Å². The van der Waals surface area contributed by atoms with Gasteiger partial charge in [0.1, 0.15) is 5.69 Å². The molecule has 1 aliphatic rings. The Morgan fingerprint density at radius 3 is 2.64 bits per heavy atom. The standard InChI is InChI=1S/C13H14N4O2.C9H9F3NO/c1-7-5-15-13(16-9-2-3-9)17-11(7)8-4-10(12(18)19)14-6-8;10-9(11,12)7-3-1-2-6(4-7)8(13)5-14/h4-6,9,14H,2-3H2,1H3,(H,18,19)(H,15,16,17);1-4,8,13-14H,5H2/q;-1. The fraction of sp³-hybridized carbons (Fsp3) is 0.318. The van der Waals surface area contributed by atoms with Crippen LogP contribution in [0.4, 0.5) is 19.1 Å². The number of H-pyrrole nitrogens is 1. The van der Waals surface area contributed by atoms with Gasteiger partial charge in [0.05, 0.1) is 11.3 Å². The van der Waals surface area contributed by atoms with Crippen molar-refractivity contribution < 1.29 is 28.2 Å². The Morgan fingerprint density at radius 1 is 1.33 bits per heavy atom. The minimum Gasteiger partial charge on any atom is -0.669 e. The first-order valence-corrected chi connectivity index (χ1v) is 10.1. The fourth-order valence-electron chi connectivity index (χ4n) is 2.91. The van der Waals surface area contributed by atoms with Crippen LogP contribution >= 0.6 is 0 Å². The largest absolute Gasteiger partial charge is 0.669 e. The van der Waals surface area contributed by atoms with E-state index in [-0.39, 0.29) is 11.3 Å². The second-order valence-electron chi connectivity index (χ2n) is 7.61. The molecule has 0 bridgehead atoms. The van der Waals surface area contributed by atoms with Crippen molar-refractivity contribution in [1.29, 1.82) is 0 Å². The number of aliphatic hydroxyl groups excluding tert-OH is 1. The summed E-state index contributed by atoms with van der Waals surface area (Å²) in [5, 5.41) is 20.8. The number of carboxylic acids is 1. The number of aryl methyl sites for hydroxylation is 1. The van der Waals surface area contributed by atoms with Crippen LogP contribution in [0.25, 0.3) is 17.0 Å². The van der Waals surface area contributed by atoms with Gasteiger partial charge in [-0.15, -0.1) is 0 Å². The lowest BCUT2D eigenvalue weighted by Crippen LogP contribution is -2.06. The van der Waals surface area contributed by atoms with Gasteiger partial charge in [0.25, 0.3) is 0 Å². The van der Waals surface area contributed by atoms with Crippen molar-refractivity contribution in [3.8, 4) is 11.3 Å². The zero-order valence-corrected chi connectivity index (χ0v) is 17.6. The van der Waals surface area contributed by atoms with Crippen LogP contribution in [0.3, 0.4) is 0 Å². The third kappa shape index (κ3) is 6.53. The first-order valence-electron chi connectivity index (χ1n) is 10.1. The van der Waals surface area contributed by atoms with Crippen molar-refractivity contribution >= 4 is 11.9 Å². The van der Waals surface area contributed by atoms with Crippen molar-refractivity contribution in [3.05, 3.63) is 70.8 Å². The number of carboxylic acid groups (broad SMARTS) is 1. The molecular weight excluding hydrogens is 439 g/mol.